The van der Waals surface area contributed by atoms with Gasteiger partial charge in [0, 0.05) is 6.42 Å². The molecule has 0 atom stereocenters. The summed E-state index contributed by atoms with van der Waals surface area (Å²) >= 11 is 0. The van der Waals surface area contributed by atoms with Gasteiger partial charge in [-0.2, -0.15) is 0 Å². The topological polar surface area (TPSA) is 49.7 Å². The van der Waals surface area contributed by atoms with Crippen LogP contribution in [0.4, 0.5) is 0 Å². The summed E-state index contributed by atoms with van der Waals surface area (Å²) in [6.45, 7) is 0.219. The summed E-state index contributed by atoms with van der Waals surface area (Å²) < 4.78 is 6.38. The predicted molar refractivity (Wildman–Crippen MR) is 98.0 cm³/mol. The van der Waals surface area contributed by atoms with Gasteiger partial charge in [-0.15, -0.1) is 0 Å². The Kier molecular flexibility index (Phi) is 5.61. The van der Waals surface area contributed by atoms with E-state index in [9.17, 15) is 10.2 Å². The number of ether oxygens (including phenoxy) is 1. The highest BCUT2D eigenvalue weighted by Gasteiger charge is 2.37. The van der Waals surface area contributed by atoms with Crippen LogP contribution in [-0.4, -0.2) is 23.1 Å². The lowest BCUT2D eigenvalue weighted by Gasteiger charge is -2.36. The second-order valence-electron chi connectivity index (χ2n) is 5.90. The van der Waals surface area contributed by atoms with E-state index in [1.807, 2.05) is 91.0 Å². The van der Waals surface area contributed by atoms with Crippen LogP contribution in [-0.2, 0) is 10.3 Å². The van der Waals surface area contributed by atoms with Crippen molar-refractivity contribution in [1.82, 2.24) is 0 Å². The van der Waals surface area contributed by atoms with Crippen molar-refractivity contribution in [1.29, 1.82) is 0 Å². The normalized spacial score (nSPS) is 11.6. The first-order valence-electron chi connectivity index (χ1n) is 8.40. The minimum Gasteiger partial charge on any atom is -0.368 e. The SMILES string of the molecule is OC(O)CCOC(c1ccccc1)(c1ccccc1)c1ccccc1. The molecule has 25 heavy (non-hydrogen) atoms. The molecule has 0 saturated carbocycles. The van der Waals surface area contributed by atoms with E-state index in [1.54, 1.807) is 0 Å². The van der Waals surface area contributed by atoms with Gasteiger partial charge in [-0.1, -0.05) is 91.0 Å². The van der Waals surface area contributed by atoms with Crippen molar-refractivity contribution in [3.05, 3.63) is 108 Å². The van der Waals surface area contributed by atoms with E-state index in [0.717, 1.165) is 16.7 Å². The lowest BCUT2D eigenvalue weighted by Crippen LogP contribution is -2.34. The van der Waals surface area contributed by atoms with Crippen LogP contribution in [0.2, 0.25) is 0 Å². The first-order valence-corrected chi connectivity index (χ1v) is 8.40. The van der Waals surface area contributed by atoms with E-state index >= 15 is 0 Å². The summed E-state index contributed by atoms with van der Waals surface area (Å²) in [5.74, 6) is 0. The Hall–Kier alpha value is -2.46. The largest absolute Gasteiger partial charge is 0.368 e. The molecule has 3 nitrogen and oxygen atoms in total. The third kappa shape index (κ3) is 3.80. The molecule has 0 unspecified atom stereocenters. The molecule has 2 N–H and O–H groups in total. The molecule has 0 spiro atoms. The molecule has 128 valence electrons. The molecular weight excluding hydrogens is 312 g/mol. The monoisotopic (exact) mass is 334 g/mol. The fourth-order valence-electron chi connectivity index (χ4n) is 3.09. The van der Waals surface area contributed by atoms with Crippen molar-refractivity contribution in [2.45, 2.75) is 18.3 Å². The van der Waals surface area contributed by atoms with Crippen LogP contribution >= 0.6 is 0 Å². The van der Waals surface area contributed by atoms with Crippen molar-refractivity contribution in [2.75, 3.05) is 6.61 Å². The predicted octanol–water partition coefficient (Wildman–Crippen LogP) is 3.70. The van der Waals surface area contributed by atoms with Gasteiger partial charge < -0.3 is 14.9 Å². The lowest BCUT2D eigenvalue weighted by atomic mass is 9.80. The first kappa shape index (κ1) is 17.4. The number of hydrogen-bond acceptors (Lipinski definition) is 3. The maximum absolute atomic E-state index is 9.24. The molecule has 3 aromatic carbocycles. The molecule has 0 fully saturated rings. The summed E-state index contributed by atoms with van der Waals surface area (Å²) in [6, 6.07) is 30.1. The second-order valence-corrected chi connectivity index (χ2v) is 5.90. The average Bonchev–Trinajstić information content (AvgIpc) is 2.67. The highest BCUT2D eigenvalue weighted by atomic mass is 16.5. The van der Waals surface area contributed by atoms with Gasteiger partial charge in [-0.25, -0.2) is 0 Å². The Morgan fingerprint density at radius 3 is 1.32 bits per heavy atom. The molecule has 0 aliphatic rings. The minimum absolute atomic E-state index is 0.147. The smallest absolute Gasteiger partial charge is 0.153 e. The van der Waals surface area contributed by atoms with E-state index in [2.05, 4.69) is 0 Å². The summed E-state index contributed by atoms with van der Waals surface area (Å²) in [5.41, 5.74) is 2.19. The van der Waals surface area contributed by atoms with Crippen molar-refractivity contribution in [2.24, 2.45) is 0 Å². The third-order valence-electron chi connectivity index (χ3n) is 4.24. The highest BCUT2D eigenvalue weighted by Crippen LogP contribution is 2.40. The molecule has 0 aliphatic heterocycles. The Balaban J connectivity index is 2.16. The fourth-order valence-corrected chi connectivity index (χ4v) is 3.09. The quantitative estimate of drug-likeness (QED) is 0.512. The van der Waals surface area contributed by atoms with Gasteiger partial charge in [0.25, 0.3) is 0 Å². The summed E-state index contributed by atoms with van der Waals surface area (Å²) in [7, 11) is 0. The fraction of sp³-hybridized carbons (Fsp3) is 0.182. The molecule has 0 aliphatic carbocycles. The number of aliphatic hydroxyl groups excluding tert-OH is 1. The molecular formula is C22H22O3. The number of benzene rings is 3. The number of hydrogen-bond donors (Lipinski definition) is 2. The number of aliphatic hydroxyl groups is 2. The van der Waals surface area contributed by atoms with Crippen LogP contribution in [0.25, 0.3) is 0 Å². The van der Waals surface area contributed by atoms with Gasteiger partial charge in [0.1, 0.15) is 5.60 Å². The molecule has 0 radical (unpaired) electrons. The summed E-state index contributed by atoms with van der Waals surface area (Å²) in [5, 5.41) is 18.5. The lowest BCUT2D eigenvalue weighted by molar-refractivity contribution is -0.0779. The van der Waals surface area contributed by atoms with Crippen LogP contribution in [0.15, 0.2) is 91.0 Å². The van der Waals surface area contributed by atoms with Gasteiger partial charge in [-0.05, 0) is 16.7 Å². The molecule has 3 heteroatoms. The Morgan fingerprint density at radius 1 is 0.640 bits per heavy atom. The van der Waals surface area contributed by atoms with Crippen molar-refractivity contribution >= 4 is 0 Å². The van der Waals surface area contributed by atoms with Gasteiger partial charge >= 0.3 is 0 Å². The molecule has 0 aromatic heterocycles. The number of rotatable bonds is 7. The maximum Gasteiger partial charge on any atom is 0.153 e. The Morgan fingerprint density at radius 2 is 1.00 bits per heavy atom. The maximum atomic E-state index is 9.24. The zero-order chi connectivity index (χ0) is 17.5. The second kappa shape index (κ2) is 8.08. The zero-order valence-corrected chi connectivity index (χ0v) is 14.0. The van der Waals surface area contributed by atoms with E-state index in [4.69, 9.17) is 4.74 Å². The zero-order valence-electron chi connectivity index (χ0n) is 14.0. The standard InChI is InChI=1S/C22H22O3/c23-21(24)16-17-25-22(18-10-4-1-5-11-18,19-12-6-2-7-13-19)20-14-8-3-9-15-20/h1-15,21,23-24H,16-17H2. The van der Waals surface area contributed by atoms with E-state index < -0.39 is 11.9 Å². The Bertz CT molecular complexity index is 658. The van der Waals surface area contributed by atoms with Gasteiger partial charge in [0.2, 0.25) is 0 Å². The van der Waals surface area contributed by atoms with Gasteiger partial charge in [0.05, 0.1) is 6.61 Å². The van der Waals surface area contributed by atoms with E-state index in [1.165, 1.54) is 0 Å². The molecule has 3 rings (SSSR count). The van der Waals surface area contributed by atoms with Crippen LogP contribution < -0.4 is 0 Å². The van der Waals surface area contributed by atoms with Gasteiger partial charge in [-0.3, -0.25) is 0 Å². The van der Waals surface area contributed by atoms with Crippen molar-refractivity contribution in [3.63, 3.8) is 0 Å². The minimum atomic E-state index is -1.39. The van der Waals surface area contributed by atoms with Crippen LogP contribution in [0.5, 0.6) is 0 Å². The molecule has 3 aromatic rings. The first-order chi connectivity index (χ1) is 12.2. The van der Waals surface area contributed by atoms with Crippen LogP contribution in [0.3, 0.4) is 0 Å². The molecule has 0 saturated heterocycles. The van der Waals surface area contributed by atoms with Crippen LogP contribution in [0.1, 0.15) is 23.1 Å². The van der Waals surface area contributed by atoms with Crippen molar-refractivity contribution < 1.29 is 14.9 Å². The summed E-state index contributed by atoms with van der Waals surface area (Å²) in [6.07, 6.45) is -1.24. The highest BCUT2D eigenvalue weighted by molar-refractivity contribution is 5.47. The summed E-state index contributed by atoms with van der Waals surface area (Å²) in [4.78, 5) is 0. The molecule has 0 bridgehead atoms. The van der Waals surface area contributed by atoms with E-state index in [-0.39, 0.29) is 13.0 Å². The van der Waals surface area contributed by atoms with Crippen molar-refractivity contribution in [3.8, 4) is 0 Å². The molecule has 0 amide bonds. The van der Waals surface area contributed by atoms with Crippen LogP contribution in [0, 0.1) is 0 Å². The molecule has 0 heterocycles. The third-order valence-corrected chi connectivity index (χ3v) is 4.24. The van der Waals surface area contributed by atoms with E-state index in [0.29, 0.717) is 0 Å². The Labute approximate surface area is 148 Å². The van der Waals surface area contributed by atoms with Gasteiger partial charge in [0.15, 0.2) is 6.29 Å². The average molecular weight is 334 g/mol.